The normalized spacial score (nSPS) is 15.2. The summed E-state index contributed by atoms with van der Waals surface area (Å²) < 4.78 is 0. The van der Waals surface area contributed by atoms with E-state index in [2.05, 4.69) is 50.0 Å². The first-order valence-electron chi connectivity index (χ1n) is 8.87. The molecule has 1 aliphatic rings. The fourth-order valence-corrected chi connectivity index (χ4v) is 3.68. The van der Waals surface area contributed by atoms with E-state index >= 15 is 0 Å². The van der Waals surface area contributed by atoms with E-state index in [1.165, 1.54) is 22.4 Å². The summed E-state index contributed by atoms with van der Waals surface area (Å²) in [5, 5.41) is 0. The highest BCUT2D eigenvalue weighted by atomic mass is 14.9. The van der Waals surface area contributed by atoms with Crippen molar-refractivity contribution in [2.75, 3.05) is 0 Å². The van der Waals surface area contributed by atoms with Gasteiger partial charge in [0.25, 0.3) is 0 Å². The van der Waals surface area contributed by atoms with Crippen molar-refractivity contribution in [3.8, 4) is 22.8 Å². The fourth-order valence-electron chi connectivity index (χ4n) is 3.68. The predicted molar refractivity (Wildman–Crippen MR) is 102 cm³/mol. The van der Waals surface area contributed by atoms with Crippen molar-refractivity contribution in [2.24, 2.45) is 0 Å². The summed E-state index contributed by atoms with van der Waals surface area (Å²) >= 11 is 0. The molecule has 1 aliphatic carbocycles. The van der Waals surface area contributed by atoms with Crippen LogP contribution in [0.1, 0.15) is 42.8 Å². The molecule has 0 radical (unpaired) electrons. The SMILES string of the molecule is Cc1cccc(-c2nc(-c3ccccc3C)c3c(n2)C(C)(C)CC3)n1. The van der Waals surface area contributed by atoms with Gasteiger partial charge in [-0.1, -0.05) is 44.2 Å². The van der Waals surface area contributed by atoms with Crippen LogP contribution >= 0.6 is 0 Å². The molecule has 0 saturated heterocycles. The first-order chi connectivity index (χ1) is 12.0. The Morgan fingerprint density at radius 1 is 0.880 bits per heavy atom. The van der Waals surface area contributed by atoms with Crippen molar-refractivity contribution in [2.45, 2.75) is 46.0 Å². The highest BCUT2D eigenvalue weighted by Crippen LogP contribution is 2.42. The average Bonchev–Trinajstić information content (AvgIpc) is 2.90. The number of fused-ring (bicyclic) bond motifs is 1. The van der Waals surface area contributed by atoms with E-state index in [1.807, 2.05) is 25.1 Å². The van der Waals surface area contributed by atoms with Gasteiger partial charge in [-0.3, -0.25) is 0 Å². The van der Waals surface area contributed by atoms with Gasteiger partial charge >= 0.3 is 0 Å². The summed E-state index contributed by atoms with van der Waals surface area (Å²) in [6.07, 6.45) is 2.15. The zero-order valence-corrected chi connectivity index (χ0v) is 15.3. The molecular formula is C22H23N3. The molecule has 0 unspecified atom stereocenters. The van der Waals surface area contributed by atoms with Crippen LogP contribution in [0.5, 0.6) is 0 Å². The molecule has 0 bridgehead atoms. The van der Waals surface area contributed by atoms with Crippen molar-refractivity contribution in [1.29, 1.82) is 0 Å². The summed E-state index contributed by atoms with van der Waals surface area (Å²) in [7, 11) is 0. The summed E-state index contributed by atoms with van der Waals surface area (Å²) in [4.78, 5) is 14.6. The van der Waals surface area contributed by atoms with Crippen molar-refractivity contribution in [1.82, 2.24) is 15.0 Å². The Morgan fingerprint density at radius 3 is 2.44 bits per heavy atom. The lowest BCUT2D eigenvalue weighted by atomic mass is 9.90. The molecule has 0 aliphatic heterocycles. The van der Waals surface area contributed by atoms with Crippen LogP contribution in [-0.2, 0) is 11.8 Å². The second kappa shape index (κ2) is 5.76. The van der Waals surface area contributed by atoms with Gasteiger partial charge in [-0.15, -0.1) is 0 Å². The van der Waals surface area contributed by atoms with E-state index in [-0.39, 0.29) is 5.41 Å². The lowest BCUT2D eigenvalue weighted by Crippen LogP contribution is -2.15. The molecule has 0 spiro atoms. The Labute approximate surface area is 149 Å². The molecule has 0 fully saturated rings. The lowest BCUT2D eigenvalue weighted by Gasteiger charge is -2.19. The second-order valence-electron chi connectivity index (χ2n) is 7.59. The van der Waals surface area contributed by atoms with Gasteiger partial charge in [0, 0.05) is 22.2 Å². The molecule has 2 heterocycles. The number of aryl methyl sites for hydroxylation is 2. The number of rotatable bonds is 2. The van der Waals surface area contributed by atoms with Crippen molar-refractivity contribution in [3.05, 3.63) is 65.0 Å². The topological polar surface area (TPSA) is 38.7 Å². The molecule has 3 aromatic rings. The van der Waals surface area contributed by atoms with Crippen molar-refractivity contribution in [3.63, 3.8) is 0 Å². The number of hydrogen-bond donors (Lipinski definition) is 0. The molecule has 126 valence electrons. The Balaban J connectivity index is 2.00. The zero-order valence-electron chi connectivity index (χ0n) is 15.3. The van der Waals surface area contributed by atoms with Gasteiger partial charge in [-0.25, -0.2) is 15.0 Å². The molecule has 0 amide bonds. The largest absolute Gasteiger partial charge is 0.250 e. The molecule has 0 saturated carbocycles. The quantitative estimate of drug-likeness (QED) is 0.660. The maximum atomic E-state index is 4.98. The number of pyridine rings is 1. The van der Waals surface area contributed by atoms with Gasteiger partial charge in [0.15, 0.2) is 5.82 Å². The van der Waals surface area contributed by atoms with Crippen LogP contribution in [-0.4, -0.2) is 15.0 Å². The molecular weight excluding hydrogens is 306 g/mol. The monoisotopic (exact) mass is 329 g/mol. The number of hydrogen-bond acceptors (Lipinski definition) is 3. The predicted octanol–water partition coefficient (Wildman–Crippen LogP) is 5.05. The number of aromatic nitrogens is 3. The maximum absolute atomic E-state index is 4.98. The minimum absolute atomic E-state index is 0.0777. The summed E-state index contributed by atoms with van der Waals surface area (Å²) in [5.41, 5.74) is 7.92. The highest BCUT2D eigenvalue weighted by molar-refractivity contribution is 5.71. The van der Waals surface area contributed by atoms with Gasteiger partial charge in [0.2, 0.25) is 0 Å². The zero-order chi connectivity index (χ0) is 17.6. The summed E-state index contributed by atoms with van der Waals surface area (Å²) in [5.74, 6) is 0.732. The minimum atomic E-state index is 0.0777. The standard InChI is InChI=1S/C22H23N3/c1-14-8-5-6-10-16(14)19-17-12-13-22(3,4)20(17)25-21(24-19)18-11-7-9-15(2)23-18/h5-11H,12-13H2,1-4H3. The average molecular weight is 329 g/mol. The lowest BCUT2D eigenvalue weighted by molar-refractivity contribution is 0.509. The fraction of sp³-hybridized carbons (Fsp3) is 0.318. The Morgan fingerprint density at radius 2 is 1.68 bits per heavy atom. The molecule has 0 atom stereocenters. The molecule has 25 heavy (non-hydrogen) atoms. The van der Waals surface area contributed by atoms with Crippen LogP contribution in [0.3, 0.4) is 0 Å². The molecule has 4 rings (SSSR count). The summed E-state index contributed by atoms with van der Waals surface area (Å²) in [6.45, 7) is 8.71. The van der Waals surface area contributed by atoms with Gasteiger partial charge in [-0.2, -0.15) is 0 Å². The van der Waals surface area contributed by atoms with Crippen LogP contribution in [0.4, 0.5) is 0 Å². The van der Waals surface area contributed by atoms with Gasteiger partial charge in [-0.05, 0) is 44.4 Å². The maximum Gasteiger partial charge on any atom is 0.179 e. The summed E-state index contributed by atoms with van der Waals surface area (Å²) in [6, 6.07) is 14.5. The molecule has 3 heteroatoms. The van der Waals surface area contributed by atoms with E-state index in [1.54, 1.807) is 0 Å². The third-order valence-electron chi connectivity index (χ3n) is 5.17. The van der Waals surface area contributed by atoms with E-state index in [9.17, 15) is 0 Å². The van der Waals surface area contributed by atoms with Gasteiger partial charge < -0.3 is 0 Å². The first-order valence-corrected chi connectivity index (χ1v) is 8.87. The Kier molecular flexibility index (Phi) is 3.68. The third-order valence-corrected chi connectivity index (χ3v) is 5.17. The minimum Gasteiger partial charge on any atom is -0.250 e. The van der Waals surface area contributed by atoms with Crippen LogP contribution in [0, 0.1) is 13.8 Å². The number of benzene rings is 1. The van der Waals surface area contributed by atoms with E-state index < -0.39 is 0 Å². The molecule has 2 aromatic heterocycles. The van der Waals surface area contributed by atoms with E-state index in [4.69, 9.17) is 9.97 Å². The van der Waals surface area contributed by atoms with Gasteiger partial charge in [0.05, 0.1) is 11.4 Å². The molecule has 3 nitrogen and oxygen atoms in total. The van der Waals surface area contributed by atoms with E-state index in [0.29, 0.717) is 0 Å². The first kappa shape index (κ1) is 15.9. The number of nitrogens with zero attached hydrogens (tertiary/aromatic N) is 3. The third kappa shape index (κ3) is 2.74. The highest BCUT2D eigenvalue weighted by Gasteiger charge is 2.35. The smallest absolute Gasteiger partial charge is 0.179 e. The Hall–Kier alpha value is -2.55. The van der Waals surface area contributed by atoms with E-state index in [0.717, 1.165) is 35.7 Å². The van der Waals surface area contributed by atoms with Crippen LogP contribution in [0.25, 0.3) is 22.8 Å². The Bertz CT molecular complexity index is 957. The van der Waals surface area contributed by atoms with Crippen LogP contribution in [0.2, 0.25) is 0 Å². The van der Waals surface area contributed by atoms with Gasteiger partial charge in [0.1, 0.15) is 5.69 Å². The molecule has 0 N–H and O–H groups in total. The van der Waals surface area contributed by atoms with Crippen LogP contribution in [0.15, 0.2) is 42.5 Å². The van der Waals surface area contributed by atoms with Crippen molar-refractivity contribution >= 4 is 0 Å². The van der Waals surface area contributed by atoms with Crippen molar-refractivity contribution < 1.29 is 0 Å². The van der Waals surface area contributed by atoms with Crippen LogP contribution < -0.4 is 0 Å². The molecule has 1 aromatic carbocycles. The second-order valence-corrected chi connectivity index (χ2v) is 7.59.